The van der Waals surface area contributed by atoms with E-state index in [2.05, 4.69) is 10.4 Å². The molecule has 0 saturated carbocycles. The summed E-state index contributed by atoms with van der Waals surface area (Å²) in [6.07, 6.45) is -0.626. The first kappa shape index (κ1) is 34.9. The van der Waals surface area contributed by atoms with Crippen LogP contribution in [0.5, 0.6) is 5.75 Å². The molecule has 0 bridgehead atoms. The quantitative estimate of drug-likeness (QED) is 0.0664. The molecule has 4 aromatic rings. The number of benzene rings is 4. The number of carbonyl (C=O) groups excluding carboxylic acids is 2. The molecule has 0 aliphatic rings. The van der Waals surface area contributed by atoms with Crippen molar-refractivity contribution in [3.8, 4) is 5.75 Å². The zero-order chi connectivity index (χ0) is 32.6. The van der Waals surface area contributed by atoms with Crippen molar-refractivity contribution in [3.05, 3.63) is 132 Å². The Morgan fingerprint density at radius 1 is 0.696 bits per heavy atom. The molecule has 0 saturated heterocycles. The lowest BCUT2D eigenvalue weighted by atomic mass is 10.1. The number of rotatable bonds is 17. The van der Waals surface area contributed by atoms with Gasteiger partial charge in [-0.3, -0.25) is 5.09 Å². The van der Waals surface area contributed by atoms with Crippen molar-refractivity contribution < 1.29 is 28.2 Å². The van der Waals surface area contributed by atoms with Gasteiger partial charge in [-0.1, -0.05) is 91.0 Å². The zero-order valence-corrected chi connectivity index (χ0v) is 27.5. The van der Waals surface area contributed by atoms with Crippen molar-refractivity contribution in [1.82, 2.24) is 9.99 Å². The minimum Gasteiger partial charge on any atom is -0.459 e. The summed E-state index contributed by atoms with van der Waals surface area (Å²) >= 11 is 12.0. The van der Waals surface area contributed by atoms with Gasteiger partial charge in [-0.05, 0) is 41.0 Å². The number of nitrogens with one attached hydrogen (secondary N) is 2. The number of anilines is 1. The minimum atomic E-state index is -3.69. The molecule has 0 unspecified atom stereocenters. The van der Waals surface area contributed by atoms with Gasteiger partial charge in [0.25, 0.3) is 0 Å². The molecular weight excluding hydrogens is 648 g/mol. The van der Waals surface area contributed by atoms with Crippen LogP contribution in [0.3, 0.4) is 0 Å². The summed E-state index contributed by atoms with van der Waals surface area (Å²) in [6, 6.07) is 33.3. The third kappa shape index (κ3) is 11.1. The average Bonchev–Trinajstić information content (AvgIpc) is 3.08. The van der Waals surface area contributed by atoms with Gasteiger partial charge < -0.3 is 19.3 Å². The van der Waals surface area contributed by atoms with Crippen LogP contribution in [0.15, 0.2) is 115 Å². The number of alkyl halides is 2. The van der Waals surface area contributed by atoms with Gasteiger partial charge in [0, 0.05) is 37.0 Å². The molecule has 242 valence electrons. The molecule has 0 spiro atoms. The summed E-state index contributed by atoms with van der Waals surface area (Å²) in [4.78, 5) is 25.9. The van der Waals surface area contributed by atoms with Crippen molar-refractivity contribution >= 4 is 48.6 Å². The molecule has 2 atom stereocenters. The topological polar surface area (TPSA) is 106 Å². The third-order valence-corrected chi connectivity index (χ3v) is 9.19. The van der Waals surface area contributed by atoms with E-state index in [-0.39, 0.29) is 44.5 Å². The Balaban J connectivity index is 1.47. The average molecular weight is 685 g/mol. The summed E-state index contributed by atoms with van der Waals surface area (Å²) < 4.78 is 32.7. The monoisotopic (exact) mass is 683 g/mol. The Labute approximate surface area is 279 Å². The van der Waals surface area contributed by atoms with Crippen molar-refractivity contribution in [2.75, 3.05) is 29.9 Å². The fraction of sp³-hybridized carbons (Fsp3) is 0.235. The van der Waals surface area contributed by atoms with Crippen LogP contribution in [0.25, 0.3) is 0 Å². The van der Waals surface area contributed by atoms with Gasteiger partial charge in [0.1, 0.15) is 25.0 Å². The number of hydrogen-bond acceptors (Lipinski definition) is 6. The molecule has 0 heterocycles. The highest BCUT2D eigenvalue weighted by Gasteiger charge is 2.33. The van der Waals surface area contributed by atoms with E-state index in [1.165, 1.54) is 0 Å². The van der Waals surface area contributed by atoms with E-state index in [1.807, 2.05) is 66.7 Å². The maximum Gasteiger partial charge on any atom is 0.419 e. The van der Waals surface area contributed by atoms with E-state index in [4.69, 9.17) is 37.2 Å². The van der Waals surface area contributed by atoms with E-state index in [0.717, 1.165) is 11.1 Å². The van der Waals surface area contributed by atoms with Gasteiger partial charge in [0.15, 0.2) is 0 Å². The first-order valence-corrected chi connectivity index (χ1v) is 17.3. The summed E-state index contributed by atoms with van der Waals surface area (Å²) in [6.45, 7) is 0.663. The molecule has 4 rings (SSSR count). The van der Waals surface area contributed by atoms with Gasteiger partial charge in [0.05, 0.1) is 0 Å². The van der Waals surface area contributed by atoms with Crippen LogP contribution in [0.2, 0.25) is 0 Å². The highest BCUT2D eigenvalue weighted by molar-refractivity contribution is 7.58. The summed E-state index contributed by atoms with van der Waals surface area (Å²) in [5.41, 5.74) is 2.85. The Hall–Kier alpha value is -4.01. The van der Waals surface area contributed by atoms with Crippen molar-refractivity contribution in [3.63, 3.8) is 0 Å². The normalized spacial score (nSPS) is 12.8. The first-order valence-electron chi connectivity index (χ1n) is 14.7. The zero-order valence-electron chi connectivity index (χ0n) is 25.1. The fourth-order valence-electron chi connectivity index (χ4n) is 4.39. The molecule has 12 heteroatoms. The van der Waals surface area contributed by atoms with Gasteiger partial charge in [-0.2, -0.15) is 0 Å². The van der Waals surface area contributed by atoms with Gasteiger partial charge in [0.2, 0.25) is 0 Å². The van der Waals surface area contributed by atoms with Crippen molar-refractivity contribution in [1.29, 1.82) is 0 Å². The molecule has 4 aromatic carbocycles. The Morgan fingerprint density at radius 3 is 1.76 bits per heavy atom. The maximum absolute atomic E-state index is 14.2. The predicted molar refractivity (Wildman–Crippen MR) is 181 cm³/mol. The number of alkyl carbamates (subject to hydrolysis) is 1. The first-order chi connectivity index (χ1) is 22.4. The van der Waals surface area contributed by atoms with E-state index in [1.54, 1.807) is 53.2 Å². The fourth-order valence-corrected chi connectivity index (χ4v) is 6.95. The van der Waals surface area contributed by atoms with Gasteiger partial charge in [-0.15, -0.1) is 23.2 Å². The van der Waals surface area contributed by atoms with E-state index < -0.39 is 25.8 Å². The number of halogens is 2. The Bertz CT molecular complexity index is 1540. The van der Waals surface area contributed by atoms with Crippen LogP contribution in [0.4, 0.5) is 10.5 Å². The summed E-state index contributed by atoms with van der Waals surface area (Å²) in [7, 11) is -3.69. The second kappa shape index (κ2) is 18.2. The number of esters is 1. The van der Waals surface area contributed by atoms with Crippen molar-refractivity contribution in [2.45, 2.75) is 25.7 Å². The lowest BCUT2D eigenvalue weighted by Crippen LogP contribution is -2.43. The van der Waals surface area contributed by atoms with Gasteiger partial charge >= 0.3 is 19.7 Å². The number of amides is 1. The molecule has 46 heavy (non-hydrogen) atoms. The van der Waals surface area contributed by atoms with Crippen LogP contribution in [-0.4, -0.2) is 47.6 Å². The van der Waals surface area contributed by atoms with E-state index in [9.17, 15) is 14.2 Å². The smallest absolute Gasteiger partial charge is 0.419 e. The van der Waals surface area contributed by atoms with Crippen LogP contribution >= 0.6 is 30.9 Å². The van der Waals surface area contributed by atoms with Crippen LogP contribution in [-0.2, 0) is 38.5 Å². The van der Waals surface area contributed by atoms with Crippen LogP contribution in [0.1, 0.15) is 16.7 Å². The number of ether oxygens (including phenoxy) is 2. The van der Waals surface area contributed by atoms with Crippen molar-refractivity contribution in [2.24, 2.45) is 0 Å². The maximum atomic E-state index is 14.2. The van der Waals surface area contributed by atoms with E-state index in [0.29, 0.717) is 17.0 Å². The number of hydrogen-bond donors (Lipinski definition) is 2. The Kier molecular flexibility index (Phi) is 13.8. The van der Waals surface area contributed by atoms with Gasteiger partial charge in [-0.25, -0.2) is 18.8 Å². The molecule has 2 N–H and O–H groups in total. The SMILES string of the molecule is O=C(N[C@H](Cc1ccc(N[P@](=O)(Oc2ccccc2)N(CCCl)CCCl)cc1)C(=O)OCc1ccccc1)OCc1ccccc1. The molecule has 0 fully saturated rings. The third-order valence-electron chi connectivity index (χ3n) is 6.71. The molecule has 0 aromatic heterocycles. The molecule has 0 radical (unpaired) electrons. The molecular formula is C34H36Cl2N3O6P. The number of nitrogens with zero attached hydrogens (tertiary/aromatic N) is 1. The molecule has 1 amide bonds. The Morgan fingerprint density at radius 2 is 1.22 bits per heavy atom. The second-order valence-corrected chi connectivity index (χ2v) is 12.9. The summed E-state index contributed by atoms with van der Waals surface area (Å²) in [5, 5.41) is 5.69. The largest absolute Gasteiger partial charge is 0.459 e. The highest BCUT2D eigenvalue weighted by Crippen LogP contribution is 2.50. The summed E-state index contributed by atoms with van der Waals surface area (Å²) in [5.74, 6) is 0.261. The second-order valence-electron chi connectivity index (χ2n) is 10.1. The van der Waals surface area contributed by atoms with Crippen LogP contribution < -0.4 is 14.9 Å². The highest BCUT2D eigenvalue weighted by atomic mass is 35.5. The van der Waals surface area contributed by atoms with Crippen LogP contribution in [0, 0.1) is 0 Å². The lowest BCUT2D eigenvalue weighted by molar-refractivity contribution is -0.147. The predicted octanol–water partition coefficient (Wildman–Crippen LogP) is 7.65. The number of para-hydroxylation sites is 1. The molecule has 9 nitrogen and oxygen atoms in total. The number of carbonyl (C=O) groups is 2. The lowest BCUT2D eigenvalue weighted by Gasteiger charge is -2.31. The molecule has 0 aliphatic heterocycles. The minimum absolute atomic E-state index is 0.0500. The molecule has 0 aliphatic carbocycles. The standard InChI is InChI=1S/C34H36Cl2N3O6P/c35-20-22-39(23-21-36)46(42,45-31-14-8-3-9-15-31)38-30-18-16-27(17-19-30)24-32(33(40)43-25-28-10-4-1-5-11-28)37-34(41)44-26-29-12-6-2-7-13-29/h1-19,32H,20-26H2,(H,37,41)(H,38,42)/t32-,46+/m1/s1. The van der Waals surface area contributed by atoms with E-state index >= 15 is 0 Å².